The fourth-order valence-corrected chi connectivity index (χ4v) is 3.24. The molecule has 1 aromatic heterocycles. The topological polar surface area (TPSA) is 107 Å². The summed E-state index contributed by atoms with van der Waals surface area (Å²) < 4.78 is 31.4. The van der Waals surface area contributed by atoms with Gasteiger partial charge in [0, 0.05) is 11.8 Å². The highest BCUT2D eigenvalue weighted by atomic mass is 32.2. The first-order valence-corrected chi connectivity index (χ1v) is 7.46. The maximum absolute atomic E-state index is 12.1. The van der Waals surface area contributed by atoms with Crippen LogP contribution in [0.25, 0.3) is 0 Å². The number of nitrogens with one attached hydrogen (secondary N) is 1. The summed E-state index contributed by atoms with van der Waals surface area (Å²) in [6.07, 6.45) is 0.271. The molecule has 1 rings (SSSR count). The minimum atomic E-state index is -3.76. The summed E-state index contributed by atoms with van der Waals surface area (Å²) in [5, 5.41) is -0.961. The number of hydrogen-bond acceptors (Lipinski definition) is 6. The lowest BCUT2D eigenvalue weighted by molar-refractivity contribution is 0.397. The molecule has 0 aliphatic carbocycles. The Morgan fingerprint density at radius 2 is 2.21 bits per heavy atom. The molecule has 0 fully saturated rings. The number of aryl methyl sites for hydroxylation is 1. The molecule has 7 nitrogen and oxygen atoms in total. The summed E-state index contributed by atoms with van der Waals surface area (Å²) in [7, 11) is -2.33. The van der Waals surface area contributed by atoms with Crippen LogP contribution in [0.4, 0.5) is 5.95 Å². The van der Waals surface area contributed by atoms with Crippen molar-refractivity contribution in [3.8, 4) is 5.88 Å². The minimum Gasteiger partial charge on any atom is -0.481 e. The van der Waals surface area contributed by atoms with Gasteiger partial charge in [-0.15, -0.1) is 0 Å². The van der Waals surface area contributed by atoms with Gasteiger partial charge < -0.3 is 10.5 Å². The van der Waals surface area contributed by atoms with Crippen molar-refractivity contribution in [3.63, 3.8) is 0 Å². The third kappa shape index (κ3) is 4.00. The van der Waals surface area contributed by atoms with Crippen LogP contribution in [-0.4, -0.2) is 35.7 Å². The van der Waals surface area contributed by atoms with E-state index < -0.39 is 15.3 Å². The highest BCUT2D eigenvalue weighted by Gasteiger charge is 2.27. The number of thiocarbonyl (C=S) groups is 1. The third-order valence-corrected chi connectivity index (χ3v) is 4.57. The predicted molar refractivity (Wildman–Crippen MR) is 76.7 cm³/mol. The zero-order valence-corrected chi connectivity index (χ0v) is 12.5. The average Bonchev–Trinajstić information content (AvgIpc) is 2.26. The maximum atomic E-state index is 12.1. The minimum absolute atomic E-state index is 0.0634. The Morgan fingerprint density at radius 3 is 2.68 bits per heavy atom. The molecule has 0 radical (unpaired) electrons. The Bertz CT molecular complexity index is 574. The normalized spacial score (nSPS) is 12.8. The van der Waals surface area contributed by atoms with Gasteiger partial charge in [-0.3, -0.25) is 4.72 Å². The Labute approximate surface area is 117 Å². The molecule has 0 aromatic carbocycles. The van der Waals surface area contributed by atoms with Gasteiger partial charge in [-0.1, -0.05) is 19.1 Å². The van der Waals surface area contributed by atoms with Gasteiger partial charge in [0.1, 0.15) is 5.25 Å². The summed E-state index contributed by atoms with van der Waals surface area (Å²) in [5.41, 5.74) is 6.00. The molecule has 19 heavy (non-hydrogen) atoms. The van der Waals surface area contributed by atoms with Crippen LogP contribution in [0.1, 0.15) is 19.0 Å². The zero-order valence-electron chi connectivity index (χ0n) is 10.9. The maximum Gasteiger partial charge on any atom is 0.244 e. The number of rotatable bonds is 6. The Hall–Kier alpha value is -1.48. The van der Waals surface area contributed by atoms with Crippen LogP contribution in [-0.2, 0) is 10.0 Å². The van der Waals surface area contributed by atoms with Crippen LogP contribution in [0.5, 0.6) is 5.88 Å². The fourth-order valence-electron chi connectivity index (χ4n) is 1.46. The van der Waals surface area contributed by atoms with E-state index >= 15 is 0 Å². The standard InChI is InChI=1S/C10H16N4O3S2/c1-4-7(9(11)18)19(15,16)14-10-12-6(2)5-8(13-10)17-3/h5,7H,4H2,1-3H3,(H2,11,18)(H,12,13,14). The van der Waals surface area contributed by atoms with E-state index in [0.717, 1.165) is 0 Å². The highest BCUT2D eigenvalue weighted by molar-refractivity contribution is 7.95. The second-order valence-corrected chi connectivity index (χ2v) is 6.16. The Morgan fingerprint density at radius 1 is 1.58 bits per heavy atom. The van der Waals surface area contributed by atoms with Gasteiger partial charge in [0.05, 0.1) is 12.1 Å². The van der Waals surface area contributed by atoms with Gasteiger partial charge in [-0.25, -0.2) is 13.4 Å². The molecule has 3 N–H and O–H groups in total. The van der Waals surface area contributed by atoms with E-state index in [2.05, 4.69) is 14.7 Å². The first-order valence-electron chi connectivity index (χ1n) is 5.50. The molecule has 0 saturated carbocycles. The lowest BCUT2D eigenvalue weighted by atomic mass is 10.3. The van der Waals surface area contributed by atoms with E-state index in [4.69, 9.17) is 22.7 Å². The van der Waals surface area contributed by atoms with Crippen LogP contribution >= 0.6 is 12.2 Å². The summed E-state index contributed by atoms with van der Waals surface area (Å²) in [4.78, 5) is 7.79. The van der Waals surface area contributed by atoms with Crippen molar-refractivity contribution in [1.29, 1.82) is 0 Å². The Balaban J connectivity index is 3.07. The molecular formula is C10H16N4O3S2. The van der Waals surface area contributed by atoms with E-state index in [1.807, 2.05) is 0 Å². The number of nitrogens with two attached hydrogens (primary N) is 1. The summed E-state index contributed by atoms with van der Waals surface area (Å²) in [6, 6.07) is 1.59. The van der Waals surface area contributed by atoms with Gasteiger partial charge >= 0.3 is 0 Å². The average molecular weight is 304 g/mol. The monoisotopic (exact) mass is 304 g/mol. The van der Waals surface area contributed by atoms with Crippen molar-refractivity contribution in [1.82, 2.24) is 9.97 Å². The number of methoxy groups -OCH3 is 1. The first kappa shape index (κ1) is 15.6. The third-order valence-electron chi connectivity index (χ3n) is 2.34. The highest BCUT2D eigenvalue weighted by Crippen LogP contribution is 2.15. The number of aromatic nitrogens is 2. The lowest BCUT2D eigenvalue weighted by Gasteiger charge is -2.15. The van der Waals surface area contributed by atoms with Gasteiger partial charge in [-0.2, -0.15) is 4.98 Å². The molecule has 1 heterocycles. The van der Waals surface area contributed by atoms with Gasteiger partial charge in [0.25, 0.3) is 0 Å². The predicted octanol–water partition coefficient (Wildman–Crippen LogP) is 0.600. The molecular weight excluding hydrogens is 288 g/mol. The van der Waals surface area contributed by atoms with Gasteiger partial charge in [0.15, 0.2) is 0 Å². The van der Waals surface area contributed by atoms with Crippen LogP contribution in [0, 0.1) is 6.92 Å². The molecule has 0 spiro atoms. The van der Waals surface area contributed by atoms with Gasteiger partial charge in [0.2, 0.25) is 21.9 Å². The van der Waals surface area contributed by atoms with Crippen molar-refractivity contribution < 1.29 is 13.2 Å². The molecule has 1 unspecified atom stereocenters. The second kappa shape index (κ2) is 6.11. The van der Waals surface area contributed by atoms with Crippen LogP contribution in [0.2, 0.25) is 0 Å². The number of nitrogens with zero attached hydrogens (tertiary/aromatic N) is 2. The molecule has 1 aromatic rings. The van der Waals surface area contributed by atoms with Crippen molar-refractivity contribution in [2.45, 2.75) is 25.5 Å². The number of hydrogen-bond donors (Lipinski definition) is 2. The van der Waals surface area contributed by atoms with E-state index in [9.17, 15) is 8.42 Å². The van der Waals surface area contributed by atoms with Crippen molar-refractivity contribution in [2.75, 3.05) is 11.8 Å². The quantitative estimate of drug-likeness (QED) is 0.741. The van der Waals surface area contributed by atoms with Crippen molar-refractivity contribution >= 4 is 33.2 Å². The first-order chi connectivity index (χ1) is 8.80. The summed E-state index contributed by atoms with van der Waals surface area (Å²) in [6.45, 7) is 3.38. The molecule has 0 aliphatic heterocycles. The number of ether oxygens (including phenoxy) is 1. The lowest BCUT2D eigenvalue weighted by Crippen LogP contribution is -2.38. The second-order valence-electron chi connectivity index (χ2n) is 3.82. The van der Waals surface area contributed by atoms with E-state index in [-0.39, 0.29) is 23.2 Å². The zero-order chi connectivity index (χ0) is 14.6. The van der Waals surface area contributed by atoms with Crippen molar-refractivity contribution in [3.05, 3.63) is 11.8 Å². The van der Waals surface area contributed by atoms with Crippen LogP contribution in [0.15, 0.2) is 6.07 Å². The number of anilines is 1. The van der Waals surface area contributed by atoms with Crippen molar-refractivity contribution in [2.24, 2.45) is 5.73 Å². The molecule has 9 heteroatoms. The molecule has 106 valence electrons. The van der Waals surface area contributed by atoms with Crippen LogP contribution in [0.3, 0.4) is 0 Å². The SMILES string of the molecule is CCC(C(N)=S)S(=O)(=O)Nc1nc(C)cc(OC)n1. The van der Waals surface area contributed by atoms with E-state index in [1.54, 1.807) is 19.9 Å². The Kier molecular flexibility index (Phi) is 5.01. The summed E-state index contributed by atoms with van der Waals surface area (Å²) >= 11 is 4.75. The van der Waals surface area contributed by atoms with Gasteiger partial charge in [-0.05, 0) is 13.3 Å². The molecule has 0 aliphatic rings. The largest absolute Gasteiger partial charge is 0.481 e. The molecule has 1 atom stereocenters. The van der Waals surface area contributed by atoms with Crippen LogP contribution < -0.4 is 15.2 Å². The smallest absolute Gasteiger partial charge is 0.244 e. The molecule has 0 saturated heterocycles. The van der Waals surface area contributed by atoms with E-state index in [1.165, 1.54) is 7.11 Å². The summed E-state index contributed by atoms with van der Waals surface area (Å²) in [5.74, 6) is 0.208. The molecule has 0 amide bonds. The van der Waals surface area contributed by atoms with E-state index in [0.29, 0.717) is 5.69 Å². The molecule has 0 bridgehead atoms. The fraction of sp³-hybridized carbons (Fsp3) is 0.500. The number of sulfonamides is 1.